The molecule has 2 fully saturated rings. The van der Waals surface area contributed by atoms with Crippen molar-refractivity contribution in [2.75, 3.05) is 43.6 Å². The second-order valence-corrected chi connectivity index (χ2v) is 12.0. The minimum absolute atomic E-state index is 0.0806. The number of ether oxygens (including phenoxy) is 1. The molecule has 3 N–H and O–H groups in total. The molecule has 0 unspecified atom stereocenters. The van der Waals surface area contributed by atoms with Gasteiger partial charge < -0.3 is 24.9 Å². The van der Waals surface area contributed by atoms with Crippen LogP contribution in [0.4, 0.5) is 30.2 Å². The SMILES string of the molecule is CC[C@@H](Nc1c(Nc2ccc(Cl)c(S(=O)(=O)N3CC[C@H]4COCCN4C3)c2O)c(=O)c1=O)c1ccc(C(F)(F)F)o1. The number of anilines is 3. The fourth-order valence-corrected chi connectivity index (χ4v) is 6.97. The lowest BCUT2D eigenvalue weighted by Gasteiger charge is -2.43. The topological polar surface area (TPSA) is 141 Å². The number of hydrogen-bond acceptors (Lipinski definition) is 10. The van der Waals surface area contributed by atoms with Crippen LogP contribution in [0.3, 0.4) is 0 Å². The molecule has 3 heterocycles. The zero-order valence-electron chi connectivity index (χ0n) is 21.6. The normalized spacial score (nSPS) is 19.7. The molecule has 2 aliphatic rings. The summed E-state index contributed by atoms with van der Waals surface area (Å²) in [5.74, 6) is -2.08. The summed E-state index contributed by atoms with van der Waals surface area (Å²) in [6.45, 7) is 3.40. The van der Waals surface area contributed by atoms with Gasteiger partial charge in [0, 0.05) is 19.1 Å². The molecule has 2 saturated heterocycles. The zero-order chi connectivity index (χ0) is 29.7. The van der Waals surface area contributed by atoms with Crippen molar-refractivity contribution >= 4 is 38.7 Å². The molecule has 0 saturated carbocycles. The number of benzene rings is 1. The fraction of sp³-hybridized carbons (Fsp3) is 0.440. The van der Waals surface area contributed by atoms with Crippen LogP contribution in [0.2, 0.25) is 5.02 Å². The molecule has 0 radical (unpaired) electrons. The molecule has 0 bridgehead atoms. The van der Waals surface area contributed by atoms with Gasteiger partial charge in [0.25, 0.3) is 10.9 Å². The Morgan fingerprint density at radius 1 is 1.15 bits per heavy atom. The van der Waals surface area contributed by atoms with Crippen molar-refractivity contribution in [3.63, 3.8) is 0 Å². The number of phenols is 1. The minimum atomic E-state index is -4.70. The quantitative estimate of drug-likeness (QED) is 0.253. The Bertz CT molecular complexity index is 1630. The molecular formula is C25H26ClF3N4O7S. The Morgan fingerprint density at radius 2 is 1.88 bits per heavy atom. The van der Waals surface area contributed by atoms with Crippen LogP contribution in [-0.4, -0.2) is 61.7 Å². The Balaban J connectivity index is 1.41. The predicted octanol–water partition coefficient (Wildman–Crippen LogP) is 3.61. The van der Waals surface area contributed by atoms with Crippen molar-refractivity contribution in [3.8, 4) is 5.75 Å². The maximum atomic E-state index is 13.6. The highest BCUT2D eigenvalue weighted by Gasteiger charge is 2.39. The van der Waals surface area contributed by atoms with Crippen LogP contribution in [0.1, 0.15) is 37.3 Å². The summed E-state index contributed by atoms with van der Waals surface area (Å²) in [6, 6.07) is 3.53. The van der Waals surface area contributed by atoms with Gasteiger partial charge in [0.1, 0.15) is 22.0 Å². The first-order chi connectivity index (χ1) is 19.3. The molecule has 2 aliphatic heterocycles. The van der Waals surface area contributed by atoms with Crippen molar-refractivity contribution < 1.29 is 35.8 Å². The summed E-state index contributed by atoms with van der Waals surface area (Å²) < 4.78 is 77.7. The number of morpholine rings is 1. The third-order valence-corrected chi connectivity index (χ3v) is 9.56. The molecule has 16 heteroatoms. The monoisotopic (exact) mass is 618 g/mol. The number of phenolic OH excluding ortho intramolecular Hbond substituents is 1. The van der Waals surface area contributed by atoms with Crippen LogP contribution < -0.4 is 21.5 Å². The highest BCUT2D eigenvalue weighted by molar-refractivity contribution is 7.89. The van der Waals surface area contributed by atoms with E-state index in [1.807, 2.05) is 4.90 Å². The van der Waals surface area contributed by atoms with Crippen LogP contribution in [0.5, 0.6) is 5.75 Å². The number of rotatable bonds is 8. The number of halogens is 4. The molecule has 222 valence electrons. The average Bonchev–Trinajstić information content (AvgIpc) is 3.44. The molecule has 2 aromatic carbocycles. The standard InChI is InChI=1S/C25H26ClF3N4O7S/c1-2-15(17-5-6-18(40-17)25(27,28)29)30-19-20(23(36)22(19)35)31-16-4-3-14(26)24(21(16)34)41(37,38)33-8-7-13-11-39-10-9-32(13)12-33/h3-6,13,15,30-31,34H,2,7-12H2,1H3/t13-,15+/m0/s1. The number of nitrogens with zero attached hydrogens (tertiary/aromatic N) is 2. The van der Waals surface area contributed by atoms with E-state index in [2.05, 4.69) is 10.6 Å². The zero-order valence-corrected chi connectivity index (χ0v) is 23.2. The maximum Gasteiger partial charge on any atom is 0.449 e. The third-order valence-electron chi connectivity index (χ3n) is 7.23. The largest absolute Gasteiger partial charge is 0.504 e. The van der Waals surface area contributed by atoms with E-state index in [4.69, 9.17) is 20.8 Å². The Morgan fingerprint density at radius 3 is 2.56 bits per heavy atom. The molecule has 2 atom stereocenters. The second-order valence-electron chi connectivity index (χ2n) is 9.76. The van der Waals surface area contributed by atoms with Gasteiger partial charge in [-0.15, -0.1) is 0 Å². The maximum absolute atomic E-state index is 13.6. The fourth-order valence-electron chi connectivity index (χ4n) is 4.95. The van der Waals surface area contributed by atoms with E-state index in [-0.39, 0.29) is 53.5 Å². The average molecular weight is 619 g/mol. The molecular weight excluding hydrogens is 593 g/mol. The molecule has 3 aromatic rings. The highest BCUT2D eigenvalue weighted by atomic mass is 35.5. The highest BCUT2D eigenvalue weighted by Crippen LogP contribution is 2.41. The minimum Gasteiger partial charge on any atom is -0.504 e. The van der Waals surface area contributed by atoms with Crippen LogP contribution in [0, 0.1) is 0 Å². The van der Waals surface area contributed by atoms with Crippen LogP contribution in [0.15, 0.2) is 43.2 Å². The number of sulfonamides is 1. The predicted molar refractivity (Wildman–Crippen MR) is 143 cm³/mol. The summed E-state index contributed by atoms with van der Waals surface area (Å²) in [5, 5.41) is 16.1. The number of hydrogen-bond donors (Lipinski definition) is 3. The van der Waals surface area contributed by atoms with Crippen LogP contribution >= 0.6 is 11.6 Å². The summed E-state index contributed by atoms with van der Waals surface area (Å²) in [6.07, 6.45) is -3.99. The van der Waals surface area contributed by atoms with Gasteiger partial charge in [-0.3, -0.25) is 14.5 Å². The van der Waals surface area contributed by atoms with Gasteiger partial charge in [0.05, 0.1) is 36.6 Å². The Hall–Kier alpha value is -3.11. The van der Waals surface area contributed by atoms with E-state index in [9.17, 15) is 36.3 Å². The smallest absolute Gasteiger partial charge is 0.449 e. The van der Waals surface area contributed by atoms with E-state index in [0.717, 1.165) is 12.1 Å². The van der Waals surface area contributed by atoms with Crippen molar-refractivity contribution in [3.05, 3.63) is 61.3 Å². The number of alkyl halides is 3. The molecule has 0 amide bonds. The Labute approximate surface area is 237 Å². The van der Waals surface area contributed by atoms with Gasteiger partial charge in [-0.2, -0.15) is 17.5 Å². The summed E-state index contributed by atoms with van der Waals surface area (Å²) in [7, 11) is -4.29. The molecule has 41 heavy (non-hydrogen) atoms. The second kappa shape index (κ2) is 10.9. The van der Waals surface area contributed by atoms with Gasteiger partial charge in [0.2, 0.25) is 15.8 Å². The van der Waals surface area contributed by atoms with Crippen molar-refractivity contribution in [2.45, 2.75) is 42.9 Å². The summed E-state index contributed by atoms with van der Waals surface area (Å²) >= 11 is 6.23. The lowest BCUT2D eigenvalue weighted by Crippen LogP contribution is -2.56. The molecule has 5 rings (SSSR count). The lowest BCUT2D eigenvalue weighted by atomic mass is 10.1. The van der Waals surface area contributed by atoms with E-state index in [0.29, 0.717) is 26.2 Å². The first-order valence-corrected chi connectivity index (χ1v) is 14.5. The summed E-state index contributed by atoms with van der Waals surface area (Å²) in [5.41, 5.74) is -2.67. The Kier molecular flexibility index (Phi) is 7.84. The first-order valence-electron chi connectivity index (χ1n) is 12.7. The number of furan rings is 1. The first kappa shape index (κ1) is 29.4. The van der Waals surface area contributed by atoms with Gasteiger partial charge in [0.15, 0.2) is 5.75 Å². The third kappa shape index (κ3) is 5.44. The molecule has 0 spiro atoms. The van der Waals surface area contributed by atoms with Gasteiger partial charge >= 0.3 is 6.18 Å². The molecule has 1 aromatic heterocycles. The van der Waals surface area contributed by atoms with E-state index in [1.54, 1.807) is 6.92 Å². The van der Waals surface area contributed by atoms with Crippen LogP contribution in [-0.2, 0) is 20.9 Å². The van der Waals surface area contributed by atoms with Crippen LogP contribution in [0.25, 0.3) is 0 Å². The van der Waals surface area contributed by atoms with E-state index >= 15 is 0 Å². The number of aromatic hydroxyl groups is 1. The summed E-state index contributed by atoms with van der Waals surface area (Å²) in [4.78, 5) is 26.2. The van der Waals surface area contributed by atoms with Crippen molar-refractivity contribution in [2.24, 2.45) is 0 Å². The van der Waals surface area contributed by atoms with E-state index < -0.39 is 49.5 Å². The van der Waals surface area contributed by atoms with Gasteiger partial charge in [-0.1, -0.05) is 18.5 Å². The van der Waals surface area contributed by atoms with Gasteiger partial charge in [-0.25, -0.2) is 8.42 Å². The van der Waals surface area contributed by atoms with Gasteiger partial charge in [-0.05, 0) is 37.1 Å². The number of fused-ring (bicyclic) bond motifs is 1. The van der Waals surface area contributed by atoms with Crippen molar-refractivity contribution in [1.29, 1.82) is 0 Å². The molecule has 11 nitrogen and oxygen atoms in total. The lowest BCUT2D eigenvalue weighted by molar-refractivity contribution is -0.153. The number of nitrogens with one attached hydrogen (secondary N) is 2. The molecule has 0 aliphatic carbocycles. The van der Waals surface area contributed by atoms with E-state index in [1.165, 1.54) is 16.4 Å². The van der Waals surface area contributed by atoms with Crippen molar-refractivity contribution in [1.82, 2.24) is 9.21 Å².